The Bertz CT molecular complexity index is 931. The van der Waals surface area contributed by atoms with Gasteiger partial charge in [0.2, 0.25) is 0 Å². The quantitative estimate of drug-likeness (QED) is 0.662. The van der Waals surface area contributed by atoms with Crippen molar-refractivity contribution in [1.82, 2.24) is 4.57 Å². The molecule has 126 valence electrons. The molecular weight excluding hydrogens is 316 g/mol. The van der Waals surface area contributed by atoms with Crippen LogP contribution in [0.2, 0.25) is 0 Å². The van der Waals surface area contributed by atoms with Gasteiger partial charge in [-0.05, 0) is 38.1 Å². The van der Waals surface area contributed by atoms with Crippen LogP contribution in [-0.2, 0) is 17.9 Å². The first-order valence-corrected chi connectivity index (χ1v) is 7.94. The third-order valence-corrected chi connectivity index (χ3v) is 4.18. The molecule has 0 saturated heterocycles. The maximum absolute atomic E-state index is 12.5. The van der Waals surface area contributed by atoms with Crippen LogP contribution in [0.5, 0.6) is 0 Å². The molecule has 0 unspecified atom stereocenters. The average molecular weight is 334 g/mol. The number of nitriles is 1. The van der Waals surface area contributed by atoms with Gasteiger partial charge in [0.25, 0.3) is 0 Å². The number of furan rings is 1. The van der Waals surface area contributed by atoms with Crippen molar-refractivity contribution in [2.24, 2.45) is 0 Å². The molecule has 3 aromatic rings. The lowest BCUT2D eigenvalue weighted by atomic mass is 10.1. The Morgan fingerprint density at radius 3 is 2.76 bits per heavy atom. The lowest BCUT2D eigenvalue weighted by Crippen LogP contribution is -2.09. The van der Waals surface area contributed by atoms with Gasteiger partial charge in [0.15, 0.2) is 0 Å². The number of hydrogen-bond acceptors (Lipinski definition) is 4. The number of benzene rings is 1. The van der Waals surface area contributed by atoms with Crippen molar-refractivity contribution < 1.29 is 13.9 Å². The second-order valence-electron chi connectivity index (χ2n) is 5.80. The summed E-state index contributed by atoms with van der Waals surface area (Å²) in [6, 6.07) is 14.7. The minimum absolute atomic E-state index is 0.0738. The number of carbonyl (C=O) groups is 1. The maximum Gasteiger partial charge on any atom is 0.340 e. The van der Waals surface area contributed by atoms with Gasteiger partial charge in [-0.3, -0.25) is 0 Å². The fourth-order valence-corrected chi connectivity index (χ4v) is 2.79. The molecule has 5 heteroatoms. The van der Waals surface area contributed by atoms with Gasteiger partial charge in [-0.15, -0.1) is 0 Å². The number of aromatic nitrogens is 1. The zero-order valence-corrected chi connectivity index (χ0v) is 14.2. The number of rotatable bonds is 5. The van der Waals surface area contributed by atoms with E-state index in [0.29, 0.717) is 23.2 Å². The molecule has 5 nitrogen and oxygen atoms in total. The van der Waals surface area contributed by atoms with Crippen molar-refractivity contribution >= 4 is 5.97 Å². The molecule has 25 heavy (non-hydrogen) atoms. The molecular formula is C20H18N2O3. The van der Waals surface area contributed by atoms with E-state index in [9.17, 15) is 4.79 Å². The van der Waals surface area contributed by atoms with E-state index < -0.39 is 5.97 Å². The number of esters is 1. The topological polar surface area (TPSA) is 68.2 Å². The van der Waals surface area contributed by atoms with E-state index in [-0.39, 0.29) is 6.61 Å². The standard InChI is InChI=1S/C20H18N2O3/c1-14-10-19(15(2)22(14)12-18-8-5-9-24-18)20(23)25-13-17-7-4-3-6-16(17)11-21/h3-10H,12-13H2,1-2H3. The molecule has 0 aliphatic rings. The van der Waals surface area contributed by atoms with E-state index in [0.717, 1.165) is 17.1 Å². The molecule has 0 amide bonds. The van der Waals surface area contributed by atoms with Crippen LogP contribution in [0, 0.1) is 25.2 Å². The molecule has 2 heterocycles. The second kappa shape index (κ2) is 7.10. The predicted octanol–water partition coefficient (Wildman–Crippen LogP) is 3.97. The van der Waals surface area contributed by atoms with Gasteiger partial charge >= 0.3 is 5.97 Å². The summed E-state index contributed by atoms with van der Waals surface area (Å²) in [5.41, 5.74) is 3.52. The van der Waals surface area contributed by atoms with E-state index in [1.54, 1.807) is 24.5 Å². The molecule has 0 saturated carbocycles. The number of carbonyl (C=O) groups excluding carboxylic acids is 1. The molecule has 0 fully saturated rings. The Labute approximate surface area is 146 Å². The van der Waals surface area contributed by atoms with Gasteiger partial charge in [-0.25, -0.2) is 4.79 Å². The highest BCUT2D eigenvalue weighted by Crippen LogP contribution is 2.19. The van der Waals surface area contributed by atoms with Gasteiger partial charge < -0.3 is 13.7 Å². The van der Waals surface area contributed by atoms with Crippen LogP contribution in [0.25, 0.3) is 0 Å². The van der Waals surface area contributed by atoms with Crippen LogP contribution >= 0.6 is 0 Å². The highest BCUT2D eigenvalue weighted by Gasteiger charge is 2.18. The average Bonchev–Trinajstić information content (AvgIpc) is 3.23. The first kappa shape index (κ1) is 16.6. The van der Waals surface area contributed by atoms with Crippen molar-refractivity contribution in [3.63, 3.8) is 0 Å². The summed E-state index contributed by atoms with van der Waals surface area (Å²) in [7, 11) is 0. The summed E-state index contributed by atoms with van der Waals surface area (Å²) in [6.07, 6.45) is 1.63. The largest absolute Gasteiger partial charge is 0.467 e. The van der Waals surface area contributed by atoms with Crippen molar-refractivity contribution in [3.8, 4) is 6.07 Å². The molecule has 2 aromatic heterocycles. The lowest BCUT2D eigenvalue weighted by molar-refractivity contribution is 0.0471. The third-order valence-electron chi connectivity index (χ3n) is 4.18. The summed E-state index contributed by atoms with van der Waals surface area (Å²) < 4.78 is 12.8. The van der Waals surface area contributed by atoms with Gasteiger partial charge in [0.05, 0.1) is 30.0 Å². The Kier molecular flexibility index (Phi) is 4.71. The van der Waals surface area contributed by atoms with Crippen molar-refractivity contribution in [3.05, 3.63) is 82.6 Å². The number of hydrogen-bond donors (Lipinski definition) is 0. The number of ether oxygens (including phenoxy) is 1. The first-order valence-electron chi connectivity index (χ1n) is 7.94. The minimum Gasteiger partial charge on any atom is -0.467 e. The predicted molar refractivity (Wildman–Crippen MR) is 92.0 cm³/mol. The summed E-state index contributed by atoms with van der Waals surface area (Å²) in [4.78, 5) is 12.5. The second-order valence-corrected chi connectivity index (χ2v) is 5.80. The van der Waals surface area contributed by atoms with E-state index in [2.05, 4.69) is 6.07 Å². The summed E-state index contributed by atoms with van der Waals surface area (Å²) in [6.45, 7) is 4.47. The monoisotopic (exact) mass is 334 g/mol. The lowest BCUT2D eigenvalue weighted by Gasteiger charge is -2.09. The van der Waals surface area contributed by atoms with Crippen LogP contribution in [0.3, 0.4) is 0 Å². The molecule has 0 N–H and O–H groups in total. The van der Waals surface area contributed by atoms with Crippen LogP contribution in [0.1, 0.15) is 38.6 Å². The molecule has 0 bridgehead atoms. The van der Waals surface area contributed by atoms with Gasteiger partial charge in [-0.1, -0.05) is 18.2 Å². The van der Waals surface area contributed by atoms with E-state index >= 15 is 0 Å². The molecule has 0 spiro atoms. The summed E-state index contributed by atoms with van der Waals surface area (Å²) >= 11 is 0. The minimum atomic E-state index is -0.397. The van der Waals surface area contributed by atoms with E-state index in [1.807, 2.05) is 42.7 Å². The molecule has 1 aromatic carbocycles. The van der Waals surface area contributed by atoms with Gasteiger partial charge in [-0.2, -0.15) is 5.26 Å². The first-order chi connectivity index (χ1) is 12.1. The number of aryl methyl sites for hydroxylation is 1. The Morgan fingerprint density at radius 1 is 1.24 bits per heavy atom. The highest BCUT2D eigenvalue weighted by atomic mass is 16.5. The zero-order chi connectivity index (χ0) is 17.8. The molecule has 0 atom stereocenters. The van der Waals surface area contributed by atoms with Crippen molar-refractivity contribution in [1.29, 1.82) is 5.26 Å². The Hall–Kier alpha value is -3.26. The summed E-state index contributed by atoms with van der Waals surface area (Å²) in [5.74, 6) is 0.427. The summed E-state index contributed by atoms with van der Waals surface area (Å²) in [5, 5.41) is 9.10. The molecule has 0 radical (unpaired) electrons. The van der Waals surface area contributed by atoms with Crippen LogP contribution in [0.15, 0.2) is 53.1 Å². The van der Waals surface area contributed by atoms with Crippen molar-refractivity contribution in [2.75, 3.05) is 0 Å². The fourth-order valence-electron chi connectivity index (χ4n) is 2.79. The highest BCUT2D eigenvalue weighted by molar-refractivity contribution is 5.91. The third kappa shape index (κ3) is 3.48. The zero-order valence-electron chi connectivity index (χ0n) is 14.2. The van der Waals surface area contributed by atoms with E-state index in [4.69, 9.17) is 14.4 Å². The fraction of sp³-hybridized carbons (Fsp3) is 0.200. The van der Waals surface area contributed by atoms with Crippen LogP contribution in [-0.4, -0.2) is 10.5 Å². The Morgan fingerprint density at radius 2 is 2.04 bits per heavy atom. The van der Waals surface area contributed by atoms with Gasteiger partial charge in [0, 0.05) is 17.0 Å². The molecule has 3 rings (SSSR count). The maximum atomic E-state index is 12.5. The smallest absolute Gasteiger partial charge is 0.340 e. The van der Waals surface area contributed by atoms with Gasteiger partial charge in [0.1, 0.15) is 12.4 Å². The normalized spacial score (nSPS) is 10.4. The van der Waals surface area contributed by atoms with Crippen molar-refractivity contribution in [2.45, 2.75) is 27.0 Å². The molecule has 0 aliphatic carbocycles. The number of nitrogens with zero attached hydrogens (tertiary/aromatic N) is 2. The van der Waals surface area contributed by atoms with E-state index in [1.165, 1.54) is 0 Å². The SMILES string of the molecule is Cc1cc(C(=O)OCc2ccccc2C#N)c(C)n1Cc1ccco1. The van der Waals surface area contributed by atoms with Crippen LogP contribution in [0.4, 0.5) is 0 Å². The van der Waals surface area contributed by atoms with Crippen LogP contribution < -0.4 is 0 Å². The Balaban J connectivity index is 1.75. The molecule has 0 aliphatic heterocycles.